The molecule has 0 bridgehead atoms. The fraction of sp³-hybridized carbons (Fsp3) is 0.0149. The van der Waals surface area contributed by atoms with E-state index in [4.69, 9.17) is 9.97 Å². The van der Waals surface area contributed by atoms with Crippen molar-refractivity contribution in [3.8, 4) is 17.2 Å². The second-order valence-electron chi connectivity index (χ2n) is 19.3. The lowest BCUT2D eigenvalue weighted by Crippen LogP contribution is -2.77. The van der Waals surface area contributed by atoms with Gasteiger partial charge >= 0.3 is 0 Å². The van der Waals surface area contributed by atoms with Crippen LogP contribution in [0.1, 0.15) is 0 Å². The standard InChI is InChI=1S/C67H49N5Si2/c1-70-59-37-18-17-36-58(59)69-67(70)48-24-23-35-54(46-48)73(50-27-9-3-10-28-50,51-29-11-4-12-30-51)55-41-42-56-57-43-44-63-66(65(57)72(61(56)47-55)64-40-21-22-45-68-64)71(49-25-7-2-8-26-49)60-38-19-20-39-62(60)74(63,52-31-13-5-14-32-52)53-33-15-6-16-34-53/h2-47H,1H3. The third kappa shape index (κ3) is 6.47. The average molecular weight is 980 g/mol. The number of benzene rings is 10. The van der Waals surface area contributed by atoms with Gasteiger partial charge in [0.05, 0.1) is 27.8 Å². The summed E-state index contributed by atoms with van der Waals surface area (Å²) in [6.45, 7) is 0. The number of anilines is 3. The summed E-state index contributed by atoms with van der Waals surface area (Å²) in [4.78, 5) is 13.0. The van der Waals surface area contributed by atoms with Crippen molar-refractivity contribution in [2.24, 2.45) is 7.05 Å². The normalized spacial score (nSPS) is 13.0. The van der Waals surface area contributed by atoms with Crippen LogP contribution in [0.5, 0.6) is 0 Å². The first-order valence-electron chi connectivity index (χ1n) is 25.4. The molecular weight excluding hydrogens is 931 g/mol. The summed E-state index contributed by atoms with van der Waals surface area (Å²) in [7, 11) is -4.05. The molecule has 14 rings (SSSR count). The van der Waals surface area contributed by atoms with Gasteiger partial charge < -0.3 is 9.47 Å². The van der Waals surface area contributed by atoms with Crippen molar-refractivity contribution in [3.63, 3.8) is 0 Å². The summed E-state index contributed by atoms with van der Waals surface area (Å²) in [5.41, 5.74) is 8.91. The van der Waals surface area contributed by atoms with Crippen molar-refractivity contribution in [3.05, 3.63) is 279 Å². The molecule has 0 unspecified atom stereocenters. The third-order valence-electron chi connectivity index (χ3n) is 15.6. The van der Waals surface area contributed by atoms with E-state index >= 15 is 0 Å². The first kappa shape index (κ1) is 43.6. The SMILES string of the molecule is Cn1c(-c2cccc([Si](c3ccccc3)(c3ccccc3)c3ccc4c5ccc6c(c5n(-c5ccccn5)c4c3)N(c3ccccc3)c3ccccc3[Si]6(c3ccccc3)c3ccccc3)c2)nc2ccccc21. The minimum Gasteiger partial charge on any atom is -0.327 e. The lowest BCUT2D eigenvalue weighted by Gasteiger charge is -2.45. The van der Waals surface area contributed by atoms with E-state index in [0.29, 0.717) is 0 Å². The van der Waals surface area contributed by atoms with Gasteiger partial charge in [-0.05, 0) is 90.0 Å². The molecule has 0 saturated carbocycles. The highest BCUT2D eigenvalue weighted by molar-refractivity contribution is 7.21. The molecule has 0 N–H and O–H groups in total. The van der Waals surface area contributed by atoms with Gasteiger partial charge in [0, 0.05) is 41.0 Å². The molecule has 0 aliphatic carbocycles. The Bertz CT molecular complexity index is 4120. The first-order chi connectivity index (χ1) is 36.7. The monoisotopic (exact) mass is 979 g/mol. The molecule has 13 aromatic rings. The maximum atomic E-state index is 5.26. The van der Waals surface area contributed by atoms with Gasteiger partial charge in [0.2, 0.25) is 0 Å². The molecule has 0 amide bonds. The van der Waals surface area contributed by atoms with Crippen LogP contribution >= 0.6 is 0 Å². The highest BCUT2D eigenvalue weighted by Gasteiger charge is 2.50. The summed E-state index contributed by atoms with van der Waals surface area (Å²) in [6, 6.07) is 101. The molecule has 1 aliphatic heterocycles. The minimum atomic E-state index is -3.14. The van der Waals surface area contributed by atoms with Crippen molar-refractivity contribution in [1.29, 1.82) is 0 Å². The van der Waals surface area contributed by atoms with Crippen molar-refractivity contribution in [1.82, 2.24) is 19.1 Å². The molecule has 0 spiro atoms. The van der Waals surface area contributed by atoms with Gasteiger partial charge in [-0.15, -0.1) is 0 Å². The van der Waals surface area contributed by atoms with Crippen molar-refractivity contribution < 1.29 is 0 Å². The van der Waals surface area contributed by atoms with E-state index in [2.05, 4.69) is 288 Å². The van der Waals surface area contributed by atoms with Crippen LogP contribution in [0.4, 0.5) is 17.1 Å². The summed E-state index contributed by atoms with van der Waals surface area (Å²) in [5.74, 6) is 1.81. The summed E-state index contributed by atoms with van der Waals surface area (Å²) >= 11 is 0. The Balaban J connectivity index is 1.13. The van der Waals surface area contributed by atoms with Gasteiger partial charge in [-0.25, -0.2) is 9.97 Å². The molecule has 0 saturated heterocycles. The number of aryl methyl sites for hydroxylation is 1. The number of nitrogens with zero attached hydrogens (tertiary/aromatic N) is 5. The fourth-order valence-corrected chi connectivity index (χ4v) is 22.4. The maximum Gasteiger partial charge on any atom is 0.184 e. The first-order valence-corrected chi connectivity index (χ1v) is 29.4. The fourth-order valence-electron chi connectivity index (χ4n) is 12.5. The Hall–Kier alpha value is -9.15. The van der Waals surface area contributed by atoms with E-state index in [0.717, 1.165) is 45.0 Å². The molecule has 0 radical (unpaired) electrons. The number of hydrogen-bond donors (Lipinski definition) is 0. The Labute approximate surface area is 432 Å². The smallest absolute Gasteiger partial charge is 0.184 e. The van der Waals surface area contributed by atoms with Crippen LogP contribution in [0, 0.1) is 0 Å². The van der Waals surface area contributed by atoms with Crippen LogP contribution in [-0.4, -0.2) is 35.2 Å². The highest BCUT2D eigenvalue weighted by atomic mass is 28.3. The summed E-state index contributed by atoms with van der Waals surface area (Å²) in [6.07, 6.45) is 1.93. The van der Waals surface area contributed by atoms with Gasteiger partial charge in [0.25, 0.3) is 0 Å². The topological polar surface area (TPSA) is 38.9 Å². The number of para-hydroxylation sites is 4. The van der Waals surface area contributed by atoms with E-state index in [-0.39, 0.29) is 0 Å². The number of hydrogen-bond acceptors (Lipinski definition) is 3. The number of pyridine rings is 1. The average Bonchev–Trinajstić information content (AvgIpc) is 4.02. The van der Waals surface area contributed by atoms with E-state index in [1.165, 1.54) is 63.6 Å². The molecule has 74 heavy (non-hydrogen) atoms. The Morgan fingerprint density at radius 3 is 1.69 bits per heavy atom. The predicted octanol–water partition coefficient (Wildman–Crippen LogP) is 10.3. The molecule has 3 aromatic heterocycles. The van der Waals surface area contributed by atoms with Gasteiger partial charge in [0.1, 0.15) is 11.6 Å². The molecule has 5 nitrogen and oxygen atoms in total. The lowest BCUT2D eigenvalue weighted by molar-refractivity contribution is 0.959. The van der Waals surface area contributed by atoms with Crippen LogP contribution < -0.4 is 46.4 Å². The molecule has 350 valence electrons. The number of fused-ring (bicyclic) bond motifs is 7. The Morgan fingerprint density at radius 1 is 0.432 bits per heavy atom. The molecule has 4 heterocycles. The van der Waals surface area contributed by atoms with Gasteiger partial charge in [-0.3, -0.25) is 4.57 Å². The van der Waals surface area contributed by atoms with Crippen molar-refractivity contribution in [2.45, 2.75) is 0 Å². The highest BCUT2D eigenvalue weighted by Crippen LogP contribution is 2.45. The second kappa shape index (κ2) is 17.6. The molecule has 0 atom stereocenters. The molecule has 0 fully saturated rings. The van der Waals surface area contributed by atoms with E-state index in [1.807, 2.05) is 12.3 Å². The van der Waals surface area contributed by atoms with Crippen molar-refractivity contribution >= 4 is 108 Å². The summed E-state index contributed by atoms with van der Waals surface area (Å²) < 4.78 is 4.71. The zero-order chi connectivity index (χ0) is 49.2. The zero-order valence-corrected chi connectivity index (χ0v) is 42.8. The van der Waals surface area contributed by atoms with Crippen LogP contribution in [0.25, 0.3) is 50.0 Å². The number of rotatable bonds is 9. The largest absolute Gasteiger partial charge is 0.327 e. The van der Waals surface area contributed by atoms with Gasteiger partial charge in [0.15, 0.2) is 16.1 Å². The molecule has 1 aliphatic rings. The Kier molecular flexibility index (Phi) is 10.4. The maximum absolute atomic E-state index is 5.26. The van der Waals surface area contributed by atoms with Crippen molar-refractivity contribution in [2.75, 3.05) is 4.90 Å². The second-order valence-corrected chi connectivity index (χ2v) is 26.9. The minimum absolute atomic E-state index is 0.868. The van der Waals surface area contributed by atoms with E-state index in [1.54, 1.807) is 0 Å². The Morgan fingerprint density at radius 2 is 1.01 bits per heavy atom. The molecule has 7 heteroatoms. The third-order valence-corrected chi connectivity index (χ3v) is 25.2. The molecule has 10 aromatic carbocycles. The predicted molar refractivity (Wildman–Crippen MR) is 314 cm³/mol. The van der Waals surface area contributed by atoms with Crippen LogP contribution in [0.2, 0.25) is 0 Å². The lowest BCUT2D eigenvalue weighted by atomic mass is 10.1. The van der Waals surface area contributed by atoms with Gasteiger partial charge in [-0.2, -0.15) is 0 Å². The van der Waals surface area contributed by atoms with E-state index < -0.39 is 16.1 Å². The van der Waals surface area contributed by atoms with Crippen LogP contribution in [-0.2, 0) is 7.05 Å². The molecular formula is C67H49N5Si2. The quantitative estimate of drug-likeness (QED) is 0.107. The zero-order valence-electron chi connectivity index (χ0n) is 40.8. The van der Waals surface area contributed by atoms with Gasteiger partial charge in [-0.1, -0.05) is 224 Å². The van der Waals surface area contributed by atoms with Crippen LogP contribution in [0.3, 0.4) is 0 Å². The number of aromatic nitrogens is 4. The number of imidazole rings is 1. The van der Waals surface area contributed by atoms with E-state index in [9.17, 15) is 0 Å². The summed E-state index contributed by atoms with van der Waals surface area (Å²) in [5, 5.41) is 12.9. The van der Waals surface area contributed by atoms with Crippen LogP contribution in [0.15, 0.2) is 279 Å².